The fraction of sp³-hybridized carbons (Fsp3) is 0.417. The number of nitrogens with one attached hydrogen (secondary N) is 1. The van der Waals surface area contributed by atoms with Gasteiger partial charge in [-0.05, 0) is 12.1 Å². The minimum atomic E-state index is -0.00522. The first-order valence-corrected chi connectivity index (χ1v) is 5.90. The third kappa shape index (κ3) is 1.95. The first-order chi connectivity index (χ1) is 8.76. The zero-order chi connectivity index (χ0) is 12.5. The first-order valence-electron chi connectivity index (χ1n) is 5.90. The lowest BCUT2D eigenvalue weighted by Crippen LogP contribution is -2.56. The summed E-state index contributed by atoms with van der Waals surface area (Å²) >= 11 is 0. The second kappa shape index (κ2) is 4.38. The van der Waals surface area contributed by atoms with Crippen molar-refractivity contribution in [3.8, 4) is 11.5 Å². The van der Waals surface area contributed by atoms with Gasteiger partial charge in [-0.2, -0.15) is 0 Å². The third-order valence-electron chi connectivity index (χ3n) is 3.15. The molecule has 2 aliphatic heterocycles. The number of hydrogen-bond donors (Lipinski definition) is 2. The number of amides is 1. The van der Waals surface area contributed by atoms with Crippen molar-refractivity contribution < 1.29 is 14.3 Å². The number of nitrogens with zero attached hydrogens (tertiary/aromatic N) is 1. The van der Waals surface area contributed by atoms with E-state index in [4.69, 9.17) is 15.2 Å². The molecule has 1 amide bonds. The van der Waals surface area contributed by atoms with Crippen LogP contribution in [0.15, 0.2) is 18.2 Å². The molecule has 2 aliphatic rings. The zero-order valence-corrected chi connectivity index (χ0v) is 9.89. The smallest absolute Gasteiger partial charge is 0.239 e. The largest absolute Gasteiger partial charge is 0.454 e. The quantitative estimate of drug-likeness (QED) is 0.751. The molecule has 2 heterocycles. The van der Waals surface area contributed by atoms with E-state index in [1.54, 1.807) is 0 Å². The summed E-state index contributed by atoms with van der Waals surface area (Å²) in [5.74, 6) is 1.47. The number of carbonyl (C=O) groups excluding carboxylic acids is 1. The lowest BCUT2D eigenvalue weighted by Gasteiger charge is -2.34. The van der Waals surface area contributed by atoms with Crippen molar-refractivity contribution in [3.05, 3.63) is 18.2 Å². The summed E-state index contributed by atoms with van der Waals surface area (Å²) in [6.45, 7) is 1.75. The van der Waals surface area contributed by atoms with Crippen LogP contribution in [-0.4, -0.2) is 38.4 Å². The van der Waals surface area contributed by atoms with Crippen LogP contribution < -0.4 is 25.4 Å². The van der Waals surface area contributed by atoms with Gasteiger partial charge in [-0.3, -0.25) is 4.79 Å². The molecule has 0 saturated carbocycles. The molecule has 1 unspecified atom stereocenters. The highest BCUT2D eigenvalue weighted by molar-refractivity contribution is 5.83. The molecule has 1 saturated heterocycles. The Morgan fingerprint density at radius 3 is 3.06 bits per heavy atom. The normalized spacial score (nSPS) is 21.9. The topological polar surface area (TPSA) is 76.8 Å². The molecule has 6 heteroatoms. The average molecular weight is 249 g/mol. The van der Waals surface area contributed by atoms with Crippen molar-refractivity contribution in [2.24, 2.45) is 5.73 Å². The van der Waals surface area contributed by atoms with E-state index in [1.165, 1.54) is 0 Å². The monoisotopic (exact) mass is 249 g/mol. The number of nitrogens with two attached hydrogens (primary N) is 1. The lowest BCUT2D eigenvalue weighted by molar-refractivity contribution is -0.121. The fourth-order valence-electron chi connectivity index (χ4n) is 2.23. The lowest BCUT2D eigenvalue weighted by atomic mass is 10.1. The molecule has 1 atom stereocenters. The van der Waals surface area contributed by atoms with Crippen LogP contribution in [0.2, 0.25) is 0 Å². The molecule has 0 aromatic heterocycles. The summed E-state index contributed by atoms with van der Waals surface area (Å²) in [5, 5.41) is 2.86. The number of carbonyl (C=O) groups is 1. The number of ether oxygens (including phenoxy) is 2. The zero-order valence-electron chi connectivity index (χ0n) is 9.89. The van der Waals surface area contributed by atoms with E-state index in [1.807, 2.05) is 23.1 Å². The fourth-order valence-corrected chi connectivity index (χ4v) is 2.23. The molecule has 6 nitrogen and oxygen atoms in total. The Morgan fingerprint density at radius 2 is 2.22 bits per heavy atom. The van der Waals surface area contributed by atoms with E-state index < -0.39 is 0 Å². The van der Waals surface area contributed by atoms with Gasteiger partial charge in [-0.15, -0.1) is 0 Å². The van der Waals surface area contributed by atoms with Crippen molar-refractivity contribution in [1.82, 2.24) is 5.32 Å². The second-order valence-electron chi connectivity index (χ2n) is 4.42. The maximum atomic E-state index is 11.6. The Hall–Kier alpha value is -1.95. The summed E-state index contributed by atoms with van der Waals surface area (Å²) in [6.07, 6.45) is 0. The molecule has 18 heavy (non-hydrogen) atoms. The van der Waals surface area contributed by atoms with Crippen LogP contribution in [0.3, 0.4) is 0 Å². The van der Waals surface area contributed by atoms with E-state index >= 15 is 0 Å². The number of hydrogen-bond acceptors (Lipinski definition) is 5. The van der Waals surface area contributed by atoms with Gasteiger partial charge in [-0.25, -0.2) is 0 Å². The molecule has 96 valence electrons. The van der Waals surface area contributed by atoms with Gasteiger partial charge in [0.15, 0.2) is 11.5 Å². The Kier molecular flexibility index (Phi) is 2.71. The van der Waals surface area contributed by atoms with Crippen LogP contribution >= 0.6 is 0 Å². The van der Waals surface area contributed by atoms with Crippen LogP contribution in [0.5, 0.6) is 11.5 Å². The molecule has 0 aliphatic carbocycles. The number of anilines is 1. The van der Waals surface area contributed by atoms with E-state index in [0.29, 0.717) is 19.6 Å². The SMILES string of the molecule is NCC1CN(c2ccc3c(c2)OCO3)CC(=O)N1. The molecular formula is C12H15N3O3. The maximum Gasteiger partial charge on any atom is 0.239 e. The van der Waals surface area contributed by atoms with Crippen molar-refractivity contribution >= 4 is 11.6 Å². The summed E-state index contributed by atoms with van der Waals surface area (Å²) < 4.78 is 10.6. The van der Waals surface area contributed by atoms with Gasteiger partial charge in [0.1, 0.15) is 0 Å². The first kappa shape index (κ1) is 11.2. The van der Waals surface area contributed by atoms with Crippen LogP contribution in [0, 0.1) is 0 Å². The number of fused-ring (bicyclic) bond motifs is 1. The van der Waals surface area contributed by atoms with Crippen molar-refractivity contribution in [2.75, 3.05) is 31.3 Å². The minimum absolute atomic E-state index is 0.00308. The van der Waals surface area contributed by atoms with Crippen molar-refractivity contribution in [1.29, 1.82) is 0 Å². The highest BCUT2D eigenvalue weighted by atomic mass is 16.7. The number of rotatable bonds is 2. The van der Waals surface area contributed by atoms with Gasteiger partial charge in [0.2, 0.25) is 12.7 Å². The Bertz CT molecular complexity index is 478. The van der Waals surface area contributed by atoms with Crippen LogP contribution in [0.1, 0.15) is 0 Å². The van der Waals surface area contributed by atoms with Gasteiger partial charge in [-0.1, -0.05) is 0 Å². The Balaban J connectivity index is 1.83. The van der Waals surface area contributed by atoms with Crippen molar-refractivity contribution in [3.63, 3.8) is 0 Å². The molecule has 1 fully saturated rings. The van der Waals surface area contributed by atoms with Gasteiger partial charge >= 0.3 is 0 Å². The highest BCUT2D eigenvalue weighted by Gasteiger charge is 2.25. The third-order valence-corrected chi connectivity index (χ3v) is 3.15. The number of benzene rings is 1. The minimum Gasteiger partial charge on any atom is -0.454 e. The summed E-state index contributed by atoms with van der Waals surface area (Å²) in [4.78, 5) is 13.6. The van der Waals surface area contributed by atoms with Gasteiger partial charge in [0, 0.05) is 24.8 Å². The molecular weight excluding hydrogens is 234 g/mol. The summed E-state index contributed by atoms with van der Waals surface area (Å²) in [6, 6.07) is 5.69. The molecule has 1 aromatic rings. The van der Waals surface area contributed by atoms with E-state index in [9.17, 15) is 4.79 Å². The van der Waals surface area contributed by atoms with Crippen LogP contribution in [0.4, 0.5) is 5.69 Å². The highest BCUT2D eigenvalue weighted by Crippen LogP contribution is 2.35. The van der Waals surface area contributed by atoms with Gasteiger partial charge < -0.3 is 25.4 Å². The molecule has 3 N–H and O–H groups in total. The molecule has 1 aromatic carbocycles. The molecule has 0 spiro atoms. The Morgan fingerprint density at radius 1 is 1.39 bits per heavy atom. The summed E-state index contributed by atoms with van der Waals surface area (Å²) in [5.41, 5.74) is 6.56. The standard InChI is InChI=1S/C12H15N3O3/c13-4-8-5-15(6-12(16)14-8)9-1-2-10-11(3-9)18-7-17-10/h1-3,8H,4-7,13H2,(H,14,16). The Labute approximate surface area is 105 Å². The second-order valence-corrected chi connectivity index (χ2v) is 4.42. The van der Waals surface area contributed by atoms with E-state index in [2.05, 4.69) is 5.32 Å². The number of piperazine rings is 1. The van der Waals surface area contributed by atoms with Crippen LogP contribution in [-0.2, 0) is 4.79 Å². The molecule has 3 rings (SSSR count). The predicted molar refractivity (Wildman–Crippen MR) is 65.8 cm³/mol. The van der Waals surface area contributed by atoms with Crippen molar-refractivity contribution in [2.45, 2.75) is 6.04 Å². The molecule has 0 bridgehead atoms. The van der Waals surface area contributed by atoms with Gasteiger partial charge in [0.25, 0.3) is 0 Å². The molecule has 0 radical (unpaired) electrons. The summed E-state index contributed by atoms with van der Waals surface area (Å²) in [7, 11) is 0. The average Bonchev–Trinajstić information content (AvgIpc) is 2.85. The van der Waals surface area contributed by atoms with E-state index in [-0.39, 0.29) is 18.7 Å². The maximum absolute atomic E-state index is 11.6. The van der Waals surface area contributed by atoms with Crippen LogP contribution in [0.25, 0.3) is 0 Å². The van der Waals surface area contributed by atoms with E-state index in [0.717, 1.165) is 17.2 Å². The predicted octanol–water partition coefficient (Wildman–Crippen LogP) is -0.321. The van der Waals surface area contributed by atoms with Gasteiger partial charge in [0.05, 0.1) is 12.6 Å².